The number of nitrogens with one attached hydrogen (secondary N) is 1. The molecule has 0 aromatic heterocycles. The molecule has 2 aromatic rings. The highest BCUT2D eigenvalue weighted by atomic mass is 32.2. The van der Waals surface area contributed by atoms with Gasteiger partial charge in [0.05, 0.1) is 5.69 Å². The van der Waals surface area contributed by atoms with Crippen LogP contribution in [-0.4, -0.2) is 62.2 Å². The van der Waals surface area contributed by atoms with Crippen LogP contribution in [0.5, 0.6) is 0 Å². The fraction of sp³-hybridized carbons (Fsp3) is 0.440. The van der Waals surface area contributed by atoms with Crippen LogP contribution >= 0.6 is 0 Å². The minimum absolute atomic E-state index is 0.0719. The summed E-state index contributed by atoms with van der Waals surface area (Å²) in [5.41, 5.74) is 0.548. The van der Waals surface area contributed by atoms with Gasteiger partial charge in [0.25, 0.3) is 0 Å². The van der Waals surface area contributed by atoms with Crippen LogP contribution in [0.1, 0.15) is 38.2 Å². The Morgan fingerprint density at radius 2 is 1.63 bits per heavy atom. The van der Waals surface area contributed by atoms with E-state index in [1.165, 1.54) is 37.2 Å². The first-order valence-corrected chi connectivity index (χ1v) is 13.1. The smallest absolute Gasteiger partial charge is 0.304 e. The Morgan fingerprint density at radius 1 is 1.03 bits per heavy atom. The molecular weight excluding hydrogens is 471 g/mol. The molecule has 1 atom stereocenters. The summed E-state index contributed by atoms with van der Waals surface area (Å²) in [6.07, 6.45) is 3.89. The van der Waals surface area contributed by atoms with Gasteiger partial charge in [0, 0.05) is 26.7 Å². The Morgan fingerprint density at radius 3 is 2.23 bits per heavy atom. The highest BCUT2D eigenvalue weighted by molar-refractivity contribution is 7.90. The zero-order valence-corrected chi connectivity index (χ0v) is 21.2. The average Bonchev–Trinajstić information content (AvgIpc) is 3.34. The Hall–Kier alpha value is -2.98. The molecule has 190 valence electrons. The van der Waals surface area contributed by atoms with Gasteiger partial charge in [-0.1, -0.05) is 55.3 Å². The van der Waals surface area contributed by atoms with E-state index in [0.717, 1.165) is 45.9 Å². The van der Waals surface area contributed by atoms with Crippen molar-refractivity contribution >= 4 is 27.7 Å². The molecule has 0 aliphatic heterocycles. The monoisotopic (exact) mass is 504 g/mol. The van der Waals surface area contributed by atoms with Crippen molar-refractivity contribution in [1.82, 2.24) is 14.5 Å². The van der Waals surface area contributed by atoms with Crippen LogP contribution in [0.15, 0.2) is 54.6 Å². The minimum Gasteiger partial charge on any atom is -0.352 e. The summed E-state index contributed by atoms with van der Waals surface area (Å²) in [4.78, 5) is 28.0. The highest BCUT2D eigenvalue weighted by Crippen LogP contribution is 2.24. The summed E-state index contributed by atoms with van der Waals surface area (Å²) in [5.74, 6) is -1.68. The molecule has 3 rings (SSSR count). The maximum atomic E-state index is 14.6. The van der Waals surface area contributed by atoms with Crippen molar-refractivity contribution in [2.45, 2.75) is 51.2 Å². The van der Waals surface area contributed by atoms with Crippen LogP contribution in [0.25, 0.3) is 0 Å². The number of halogens is 1. The number of carbonyl (C=O) groups is 2. The van der Waals surface area contributed by atoms with Crippen molar-refractivity contribution in [3.8, 4) is 0 Å². The Kier molecular flexibility index (Phi) is 8.85. The number of benzene rings is 2. The maximum Gasteiger partial charge on any atom is 0.304 e. The third kappa shape index (κ3) is 6.58. The van der Waals surface area contributed by atoms with Gasteiger partial charge in [-0.2, -0.15) is 12.7 Å². The predicted molar refractivity (Wildman–Crippen MR) is 133 cm³/mol. The van der Waals surface area contributed by atoms with E-state index in [0.29, 0.717) is 0 Å². The molecule has 1 unspecified atom stereocenters. The van der Waals surface area contributed by atoms with E-state index in [1.807, 2.05) is 30.3 Å². The third-order valence-corrected chi connectivity index (χ3v) is 8.01. The maximum absolute atomic E-state index is 14.6. The van der Waals surface area contributed by atoms with Crippen LogP contribution in [-0.2, 0) is 26.3 Å². The van der Waals surface area contributed by atoms with Crippen LogP contribution in [0.4, 0.5) is 10.1 Å². The lowest BCUT2D eigenvalue weighted by molar-refractivity contribution is -0.139. The van der Waals surface area contributed by atoms with Gasteiger partial charge in [0.15, 0.2) is 0 Å². The molecule has 2 amide bonds. The molecule has 1 aliphatic rings. The van der Waals surface area contributed by atoms with Crippen molar-refractivity contribution in [2.75, 3.05) is 24.9 Å². The van der Waals surface area contributed by atoms with E-state index < -0.39 is 34.5 Å². The van der Waals surface area contributed by atoms with Gasteiger partial charge in [-0.05, 0) is 37.5 Å². The topological polar surface area (TPSA) is 90.0 Å². The summed E-state index contributed by atoms with van der Waals surface area (Å²) in [6, 6.07) is 13.7. The minimum atomic E-state index is -4.20. The van der Waals surface area contributed by atoms with Crippen LogP contribution in [0.2, 0.25) is 0 Å². The second-order valence-electron chi connectivity index (χ2n) is 8.92. The van der Waals surface area contributed by atoms with E-state index in [-0.39, 0.29) is 24.2 Å². The number of hydrogen-bond donors (Lipinski definition) is 1. The summed E-state index contributed by atoms with van der Waals surface area (Å²) < 4.78 is 42.4. The SMILES string of the molecule is CC(C(=O)NC1CCCC1)N(Cc1ccccc1)C(=O)CN(c1ccccc1F)S(=O)(=O)N(C)C. The van der Waals surface area contributed by atoms with Gasteiger partial charge >= 0.3 is 10.2 Å². The second kappa shape index (κ2) is 11.6. The molecule has 0 spiro atoms. The number of amides is 2. The van der Waals surface area contributed by atoms with E-state index >= 15 is 0 Å². The van der Waals surface area contributed by atoms with Gasteiger partial charge < -0.3 is 10.2 Å². The van der Waals surface area contributed by atoms with Gasteiger partial charge in [-0.15, -0.1) is 0 Å². The Labute approximate surface area is 206 Å². The number of nitrogens with zero attached hydrogens (tertiary/aromatic N) is 3. The predicted octanol–water partition coefficient (Wildman–Crippen LogP) is 2.91. The van der Waals surface area contributed by atoms with Gasteiger partial charge in [-0.25, -0.2) is 8.70 Å². The third-order valence-electron chi connectivity index (χ3n) is 6.20. The lowest BCUT2D eigenvalue weighted by atomic mass is 10.1. The average molecular weight is 505 g/mol. The molecule has 8 nitrogen and oxygen atoms in total. The van der Waals surface area contributed by atoms with Crippen LogP contribution < -0.4 is 9.62 Å². The van der Waals surface area contributed by atoms with Crippen molar-refractivity contribution in [2.24, 2.45) is 0 Å². The summed E-state index contributed by atoms with van der Waals surface area (Å²) in [6.45, 7) is 1.07. The quantitative estimate of drug-likeness (QED) is 0.539. The zero-order valence-electron chi connectivity index (χ0n) is 20.4. The number of rotatable bonds is 10. The second-order valence-corrected chi connectivity index (χ2v) is 11.0. The van der Waals surface area contributed by atoms with Gasteiger partial charge in [0.1, 0.15) is 18.4 Å². The van der Waals surface area contributed by atoms with Crippen molar-refractivity contribution in [1.29, 1.82) is 0 Å². The molecule has 0 bridgehead atoms. The molecule has 10 heteroatoms. The van der Waals surface area contributed by atoms with E-state index in [9.17, 15) is 22.4 Å². The summed E-state index contributed by atoms with van der Waals surface area (Å²) >= 11 is 0. The Bertz CT molecular complexity index is 1120. The van der Waals surface area contributed by atoms with Crippen LogP contribution in [0, 0.1) is 5.82 Å². The largest absolute Gasteiger partial charge is 0.352 e. The lowest BCUT2D eigenvalue weighted by Gasteiger charge is -2.33. The van der Waals surface area contributed by atoms with E-state index in [1.54, 1.807) is 6.92 Å². The lowest BCUT2D eigenvalue weighted by Crippen LogP contribution is -2.53. The van der Waals surface area contributed by atoms with Gasteiger partial charge in [0.2, 0.25) is 11.8 Å². The fourth-order valence-corrected chi connectivity index (χ4v) is 5.17. The van der Waals surface area contributed by atoms with Crippen molar-refractivity contribution in [3.05, 3.63) is 66.0 Å². The van der Waals surface area contributed by atoms with Gasteiger partial charge in [-0.3, -0.25) is 9.59 Å². The molecule has 1 saturated carbocycles. The molecule has 1 fully saturated rings. The molecule has 2 aromatic carbocycles. The number of hydrogen-bond acceptors (Lipinski definition) is 4. The molecule has 35 heavy (non-hydrogen) atoms. The molecule has 0 heterocycles. The summed E-state index contributed by atoms with van der Waals surface area (Å²) in [7, 11) is -1.58. The summed E-state index contributed by atoms with van der Waals surface area (Å²) in [5, 5.41) is 3.01. The first-order valence-electron chi connectivity index (χ1n) is 11.7. The molecule has 1 aliphatic carbocycles. The Balaban J connectivity index is 1.92. The normalized spacial score (nSPS) is 15.1. The zero-order chi connectivity index (χ0) is 25.6. The number of para-hydroxylation sites is 1. The highest BCUT2D eigenvalue weighted by Gasteiger charge is 2.34. The number of anilines is 1. The fourth-order valence-electron chi connectivity index (χ4n) is 4.11. The first kappa shape index (κ1) is 26.6. The first-order chi connectivity index (χ1) is 16.6. The standard InChI is InChI=1S/C25H33FN4O4S/c1-19(25(32)27-21-13-7-8-14-21)29(17-20-11-5-4-6-12-20)24(31)18-30(35(33,34)28(2)3)23-16-10-9-15-22(23)26/h4-6,9-12,15-16,19,21H,7-8,13-14,17-18H2,1-3H3,(H,27,32). The molecular formula is C25H33FN4O4S. The van der Waals surface area contributed by atoms with Crippen molar-refractivity contribution < 1.29 is 22.4 Å². The number of carbonyl (C=O) groups excluding carboxylic acids is 2. The molecule has 1 N–H and O–H groups in total. The van der Waals surface area contributed by atoms with E-state index in [4.69, 9.17) is 0 Å². The van der Waals surface area contributed by atoms with Crippen molar-refractivity contribution in [3.63, 3.8) is 0 Å². The van der Waals surface area contributed by atoms with E-state index in [2.05, 4.69) is 5.32 Å². The molecule has 0 radical (unpaired) electrons. The van der Waals surface area contributed by atoms with Crippen LogP contribution in [0.3, 0.4) is 0 Å². The molecule has 0 saturated heterocycles.